The van der Waals surface area contributed by atoms with Gasteiger partial charge in [0.2, 0.25) is 0 Å². The lowest BCUT2D eigenvalue weighted by Gasteiger charge is -2.18. The summed E-state index contributed by atoms with van der Waals surface area (Å²) < 4.78 is 0. The molecule has 1 aromatic carbocycles. The van der Waals surface area contributed by atoms with Gasteiger partial charge >= 0.3 is 0 Å². The molecule has 1 aromatic rings. The van der Waals surface area contributed by atoms with Gasteiger partial charge in [0.25, 0.3) is 0 Å². The van der Waals surface area contributed by atoms with Crippen molar-refractivity contribution < 1.29 is 10.2 Å². The molecule has 76 valence electrons. The molecule has 4 heteroatoms. The first-order chi connectivity index (χ1) is 6.69. The standard InChI is InChI=1S/C10H14N2O2/c1-11-9-4-3-8(7-10(9)14)12(2)5-6-13/h3-4,7,13-14H,1,5-6H2,2H3. The summed E-state index contributed by atoms with van der Waals surface area (Å²) in [6, 6.07) is 5.10. The van der Waals surface area contributed by atoms with Crippen molar-refractivity contribution in [3.63, 3.8) is 0 Å². The number of rotatable bonds is 4. The van der Waals surface area contributed by atoms with Crippen LogP contribution in [0.4, 0.5) is 11.4 Å². The molecule has 0 aliphatic rings. The highest BCUT2D eigenvalue weighted by molar-refractivity contribution is 5.63. The van der Waals surface area contributed by atoms with Gasteiger partial charge in [-0.1, -0.05) is 0 Å². The van der Waals surface area contributed by atoms with Gasteiger partial charge in [0, 0.05) is 25.3 Å². The number of nitrogens with zero attached hydrogens (tertiary/aromatic N) is 2. The second-order valence-corrected chi connectivity index (χ2v) is 2.98. The van der Waals surface area contributed by atoms with E-state index in [9.17, 15) is 5.11 Å². The Labute approximate surface area is 83.1 Å². The van der Waals surface area contributed by atoms with Crippen LogP contribution in [0.15, 0.2) is 23.2 Å². The fourth-order valence-electron chi connectivity index (χ4n) is 1.16. The Morgan fingerprint density at radius 2 is 2.21 bits per heavy atom. The molecule has 1 rings (SSSR count). The average molecular weight is 194 g/mol. The summed E-state index contributed by atoms with van der Waals surface area (Å²) in [7, 11) is 1.84. The molecule has 0 spiro atoms. The van der Waals surface area contributed by atoms with Crippen LogP contribution in [-0.4, -0.2) is 37.1 Å². The lowest BCUT2D eigenvalue weighted by molar-refractivity contribution is 0.304. The van der Waals surface area contributed by atoms with Crippen LogP contribution >= 0.6 is 0 Å². The molecule has 0 fully saturated rings. The highest BCUT2D eigenvalue weighted by atomic mass is 16.3. The predicted octanol–water partition coefficient (Wildman–Crippen LogP) is 1.15. The van der Waals surface area contributed by atoms with E-state index >= 15 is 0 Å². The molecule has 0 radical (unpaired) electrons. The van der Waals surface area contributed by atoms with Gasteiger partial charge in [0.1, 0.15) is 11.4 Å². The predicted molar refractivity (Wildman–Crippen MR) is 57.7 cm³/mol. The van der Waals surface area contributed by atoms with Gasteiger partial charge in [-0.3, -0.25) is 4.99 Å². The first-order valence-electron chi connectivity index (χ1n) is 4.30. The number of hydrogen-bond acceptors (Lipinski definition) is 4. The van der Waals surface area contributed by atoms with E-state index in [0.29, 0.717) is 12.2 Å². The molecule has 0 unspecified atom stereocenters. The van der Waals surface area contributed by atoms with Crippen LogP contribution in [0.2, 0.25) is 0 Å². The van der Waals surface area contributed by atoms with E-state index in [2.05, 4.69) is 11.7 Å². The van der Waals surface area contributed by atoms with Crippen molar-refractivity contribution in [3.8, 4) is 5.75 Å². The minimum absolute atomic E-state index is 0.0821. The van der Waals surface area contributed by atoms with Gasteiger partial charge < -0.3 is 15.1 Å². The summed E-state index contributed by atoms with van der Waals surface area (Å²) in [6.45, 7) is 3.95. The van der Waals surface area contributed by atoms with Crippen molar-refractivity contribution in [2.75, 3.05) is 25.1 Å². The zero-order valence-electron chi connectivity index (χ0n) is 8.14. The Hall–Kier alpha value is -1.55. The molecule has 0 amide bonds. The zero-order valence-corrected chi connectivity index (χ0v) is 8.14. The van der Waals surface area contributed by atoms with Crippen molar-refractivity contribution in [1.29, 1.82) is 0 Å². The topological polar surface area (TPSA) is 56.1 Å². The number of anilines is 1. The first kappa shape index (κ1) is 10.5. The molecule has 4 nitrogen and oxygen atoms in total. The van der Waals surface area contributed by atoms with Gasteiger partial charge in [0.15, 0.2) is 0 Å². The van der Waals surface area contributed by atoms with E-state index in [0.717, 1.165) is 5.69 Å². The van der Waals surface area contributed by atoms with E-state index in [-0.39, 0.29) is 12.4 Å². The van der Waals surface area contributed by atoms with Crippen LogP contribution in [0.25, 0.3) is 0 Å². The van der Waals surface area contributed by atoms with Crippen LogP contribution in [-0.2, 0) is 0 Å². The van der Waals surface area contributed by atoms with Crippen LogP contribution in [0.3, 0.4) is 0 Å². The largest absolute Gasteiger partial charge is 0.506 e. The van der Waals surface area contributed by atoms with Crippen molar-refractivity contribution in [2.45, 2.75) is 0 Å². The summed E-state index contributed by atoms with van der Waals surface area (Å²) >= 11 is 0. The summed E-state index contributed by atoms with van der Waals surface area (Å²) in [6.07, 6.45) is 0. The monoisotopic (exact) mass is 194 g/mol. The number of aliphatic hydroxyl groups is 1. The molecule has 0 saturated heterocycles. The second kappa shape index (κ2) is 4.62. The van der Waals surface area contributed by atoms with Crippen molar-refractivity contribution >= 4 is 18.1 Å². The third-order valence-corrected chi connectivity index (χ3v) is 2.01. The highest BCUT2D eigenvalue weighted by Gasteiger charge is 2.03. The minimum Gasteiger partial charge on any atom is -0.506 e. The fourth-order valence-corrected chi connectivity index (χ4v) is 1.16. The summed E-state index contributed by atoms with van der Waals surface area (Å²) in [4.78, 5) is 5.49. The number of aliphatic hydroxyl groups excluding tert-OH is 1. The number of hydrogen-bond donors (Lipinski definition) is 2. The maximum Gasteiger partial charge on any atom is 0.143 e. The van der Waals surface area contributed by atoms with E-state index < -0.39 is 0 Å². The first-order valence-corrected chi connectivity index (χ1v) is 4.30. The Bertz CT molecular complexity index is 326. The third-order valence-electron chi connectivity index (χ3n) is 2.01. The number of aromatic hydroxyl groups is 1. The van der Waals surface area contributed by atoms with E-state index in [1.54, 1.807) is 12.1 Å². The quantitative estimate of drug-likeness (QED) is 0.707. The molecule has 2 N–H and O–H groups in total. The molecular weight excluding hydrogens is 180 g/mol. The Balaban J connectivity index is 2.90. The smallest absolute Gasteiger partial charge is 0.143 e. The van der Waals surface area contributed by atoms with E-state index in [4.69, 9.17) is 5.11 Å². The normalized spacial score (nSPS) is 9.86. The molecule has 0 aromatic heterocycles. The average Bonchev–Trinajstić information content (AvgIpc) is 2.18. The van der Waals surface area contributed by atoms with Gasteiger partial charge in [-0.2, -0.15) is 0 Å². The lowest BCUT2D eigenvalue weighted by atomic mass is 10.2. The zero-order chi connectivity index (χ0) is 10.6. The van der Waals surface area contributed by atoms with Gasteiger partial charge in [-0.25, -0.2) is 0 Å². The summed E-state index contributed by atoms with van der Waals surface area (Å²) in [5.74, 6) is 0.0993. The van der Waals surface area contributed by atoms with Crippen molar-refractivity contribution in [1.82, 2.24) is 0 Å². The minimum atomic E-state index is 0.0821. The number of phenols is 1. The molecule has 0 aliphatic heterocycles. The Morgan fingerprint density at radius 3 is 2.71 bits per heavy atom. The SMILES string of the molecule is C=Nc1ccc(N(C)CCO)cc1O. The molecule has 0 aliphatic carbocycles. The number of phenolic OH excluding ortho intramolecular Hbond substituents is 1. The summed E-state index contributed by atoms with van der Waals surface area (Å²) in [5, 5.41) is 18.2. The van der Waals surface area contributed by atoms with E-state index in [1.807, 2.05) is 18.0 Å². The van der Waals surface area contributed by atoms with Crippen molar-refractivity contribution in [3.05, 3.63) is 18.2 Å². The lowest BCUT2D eigenvalue weighted by Crippen LogP contribution is -2.20. The second-order valence-electron chi connectivity index (χ2n) is 2.98. The van der Waals surface area contributed by atoms with Crippen molar-refractivity contribution in [2.24, 2.45) is 4.99 Å². The summed E-state index contributed by atoms with van der Waals surface area (Å²) in [5.41, 5.74) is 1.30. The molecule has 0 atom stereocenters. The number of likely N-dealkylation sites (N-methyl/N-ethyl adjacent to an activating group) is 1. The highest BCUT2D eigenvalue weighted by Crippen LogP contribution is 2.29. The number of benzene rings is 1. The van der Waals surface area contributed by atoms with Crippen LogP contribution in [0.5, 0.6) is 5.75 Å². The Kier molecular flexibility index (Phi) is 3.48. The Morgan fingerprint density at radius 1 is 1.50 bits per heavy atom. The maximum absolute atomic E-state index is 9.49. The maximum atomic E-state index is 9.49. The van der Waals surface area contributed by atoms with Crippen LogP contribution < -0.4 is 4.90 Å². The van der Waals surface area contributed by atoms with Crippen LogP contribution in [0.1, 0.15) is 0 Å². The molecule has 0 bridgehead atoms. The number of aliphatic imine (C=N–C) groups is 1. The third kappa shape index (κ3) is 2.23. The molecule has 14 heavy (non-hydrogen) atoms. The van der Waals surface area contributed by atoms with Gasteiger partial charge in [-0.15, -0.1) is 0 Å². The van der Waals surface area contributed by atoms with E-state index in [1.165, 1.54) is 0 Å². The van der Waals surface area contributed by atoms with Crippen LogP contribution in [0, 0.1) is 0 Å². The molecule has 0 heterocycles. The molecular formula is C10H14N2O2. The van der Waals surface area contributed by atoms with Gasteiger partial charge in [-0.05, 0) is 18.9 Å². The molecule has 0 saturated carbocycles. The fraction of sp³-hybridized carbons (Fsp3) is 0.300. The van der Waals surface area contributed by atoms with Gasteiger partial charge in [0.05, 0.1) is 6.61 Å².